The number of aryl methyl sites for hydroxylation is 3. The summed E-state index contributed by atoms with van der Waals surface area (Å²) in [6, 6.07) is 5.46. The number of furan rings is 1. The zero-order valence-electron chi connectivity index (χ0n) is 11.9. The van der Waals surface area contributed by atoms with Crippen LogP contribution in [-0.2, 0) is 14.1 Å². The minimum absolute atomic E-state index is 0.0993. The quantitative estimate of drug-likeness (QED) is 0.772. The standard InChI is InChI=1S/C15H15BrN2O3/c1-8-4-5-21-14(8)13(19)9-6-11-12(7-10(9)16)18(3)15(20)17(11)2/h4-7,13,19H,1-3H3. The van der Waals surface area contributed by atoms with Gasteiger partial charge in [0.1, 0.15) is 11.9 Å². The number of imidazole rings is 1. The summed E-state index contributed by atoms with van der Waals surface area (Å²) in [4.78, 5) is 12.0. The van der Waals surface area contributed by atoms with Crippen LogP contribution in [0.5, 0.6) is 0 Å². The number of halogens is 1. The van der Waals surface area contributed by atoms with Crippen molar-refractivity contribution >= 4 is 27.0 Å². The number of hydrogen-bond donors (Lipinski definition) is 1. The molecule has 5 nitrogen and oxygen atoms in total. The Morgan fingerprint density at radius 2 is 1.86 bits per heavy atom. The first kappa shape index (κ1) is 14.2. The number of rotatable bonds is 2. The van der Waals surface area contributed by atoms with Gasteiger partial charge in [-0.25, -0.2) is 4.79 Å². The van der Waals surface area contributed by atoms with E-state index >= 15 is 0 Å². The molecule has 0 bridgehead atoms. The first-order valence-corrected chi connectivity index (χ1v) is 7.28. The zero-order valence-corrected chi connectivity index (χ0v) is 13.5. The first-order chi connectivity index (χ1) is 9.91. The fourth-order valence-corrected chi connectivity index (χ4v) is 3.10. The molecular weight excluding hydrogens is 336 g/mol. The van der Waals surface area contributed by atoms with Crippen molar-refractivity contribution in [3.63, 3.8) is 0 Å². The molecule has 3 aromatic rings. The predicted octanol–water partition coefficient (Wildman–Crippen LogP) is 2.62. The molecule has 1 aromatic carbocycles. The van der Waals surface area contributed by atoms with Crippen LogP contribution in [-0.4, -0.2) is 14.2 Å². The van der Waals surface area contributed by atoms with Crippen molar-refractivity contribution < 1.29 is 9.52 Å². The van der Waals surface area contributed by atoms with Crippen molar-refractivity contribution in [3.05, 3.63) is 56.3 Å². The van der Waals surface area contributed by atoms with Crippen LogP contribution in [0.2, 0.25) is 0 Å². The van der Waals surface area contributed by atoms with E-state index in [0.717, 1.165) is 21.1 Å². The Bertz CT molecular complexity index is 888. The SMILES string of the molecule is Cc1ccoc1C(O)c1cc2c(cc1Br)n(C)c(=O)n2C. The number of aliphatic hydroxyl groups excluding tert-OH is 1. The van der Waals surface area contributed by atoms with Gasteiger partial charge in [0.05, 0.1) is 17.3 Å². The third-order valence-corrected chi connectivity index (χ3v) is 4.52. The van der Waals surface area contributed by atoms with Crippen LogP contribution in [0.4, 0.5) is 0 Å². The molecule has 0 fully saturated rings. The van der Waals surface area contributed by atoms with Gasteiger partial charge in [-0.3, -0.25) is 9.13 Å². The van der Waals surface area contributed by atoms with Crippen molar-refractivity contribution in [2.75, 3.05) is 0 Å². The summed E-state index contributed by atoms with van der Waals surface area (Å²) in [6.45, 7) is 1.88. The highest BCUT2D eigenvalue weighted by atomic mass is 79.9. The van der Waals surface area contributed by atoms with Crippen molar-refractivity contribution in [2.24, 2.45) is 14.1 Å². The fourth-order valence-electron chi connectivity index (χ4n) is 2.55. The molecule has 2 aromatic heterocycles. The number of benzene rings is 1. The van der Waals surface area contributed by atoms with Gasteiger partial charge in [-0.2, -0.15) is 0 Å². The smallest absolute Gasteiger partial charge is 0.328 e. The summed E-state index contributed by atoms with van der Waals surface area (Å²) in [7, 11) is 3.44. The van der Waals surface area contributed by atoms with E-state index in [-0.39, 0.29) is 5.69 Å². The highest BCUT2D eigenvalue weighted by Crippen LogP contribution is 2.33. The van der Waals surface area contributed by atoms with Crippen molar-refractivity contribution in [2.45, 2.75) is 13.0 Å². The second kappa shape index (κ2) is 4.89. The molecule has 1 atom stereocenters. The van der Waals surface area contributed by atoms with Crippen LogP contribution in [0, 0.1) is 6.92 Å². The molecule has 0 radical (unpaired) electrons. The first-order valence-electron chi connectivity index (χ1n) is 6.48. The summed E-state index contributed by atoms with van der Waals surface area (Å²) in [6.07, 6.45) is 0.674. The van der Waals surface area contributed by atoms with Crippen LogP contribution >= 0.6 is 15.9 Å². The number of aromatic nitrogens is 2. The van der Waals surface area contributed by atoms with E-state index in [9.17, 15) is 9.90 Å². The number of fused-ring (bicyclic) bond motifs is 1. The zero-order chi connectivity index (χ0) is 15.3. The molecule has 0 spiro atoms. The van der Waals surface area contributed by atoms with Gasteiger partial charge >= 0.3 is 5.69 Å². The van der Waals surface area contributed by atoms with Crippen LogP contribution in [0.25, 0.3) is 11.0 Å². The Morgan fingerprint density at radius 3 is 2.43 bits per heavy atom. The van der Waals surface area contributed by atoms with Crippen LogP contribution < -0.4 is 5.69 Å². The molecule has 6 heteroatoms. The molecule has 0 amide bonds. The third-order valence-electron chi connectivity index (χ3n) is 3.84. The average Bonchev–Trinajstić information content (AvgIpc) is 2.97. The molecule has 1 N–H and O–H groups in total. The molecule has 0 saturated heterocycles. The highest BCUT2D eigenvalue weighted by Gasteiger charge is 2.21. The largest absolute Gasteiger partial charge is 0.466 e. The van der Waals surface area contributed by atoms with E-state index in [4.69, 9.17) is 4.42 Å². The molecule has 0 saturated carbocycles. The van der Waals surface area contributed by atoms with Gasteiger partial charge in [0.25, 0.3) is 0 Å². The third kappa shape index (κ3) is 2.06. The lowest BCUT2D eigenvalue weighted by Gasteiger charge is -2.12. The molecule has 0 aliphatic rings. The van der Waals surface area contributed by atoms with Crippen LogP contribution in [0.15, 0.2) is 38.1 Å². The predicted molar refractivity (Wildman–Crippen MR) is 83.4 cm³/mol. The maximum absolute atomic E-state index is 12.0. The van der Waals surface area contributed by atoms with Crippen molar-refractivity contribution in [1.29, 1.82) is 0 Å². The van der Waals surface area contributed by atoms with Gasteiger partial charge in [-0.15, -0.1) is 0 Å². The lowest BCUT2D eigenvalue weighted by molar-refractivity contribution is 0.187. The Morgan fingerprint density at radius 1 is 1.24 bits per heavy atom. The molecule has 110 valence electrons. The second-order valence-electron chi connectivity index (χ2n) is 5.13. The molecule has 3 rings (SSSR count). The van der Waals surface area contributed by atoms with E-state index in [1.165, 1.54) is 0 Å². The van der Waals surface area contributed by atoms with Crippen LogP contribution in [0.3, 0.4) is 0 Å². The lowest BCUT2D eigenvalue weighted by Crippen LogP contribution is -2.19. The lowest BCUT2D eigenvalue weighted by atomic mass is 10.0. The number of hydrogen-bond acceptors (Lipinski definition) is 3. The minimum Gasteiger partial charge on any atom is -0.466 e. The monoisotopic (exact) mass is 350 g/mol. The van der Waals surface area contributed by atoms with Gasteiger partial charge in [0.2, 0.25) is 0 Å². The topological polar surface area (TPSA) is 60.3 Å². The van der Waals surface area contributed by atoms with Crippen molar-refractivity contribution in [1.82, 2.24) is 9.13 Å². The number of nitrogens with zero attached hydrogens (tertiary/aromatic N) is 2. The van der Waals surface area contributed by atoms with E-state index in [2.05, 4.69) is 15.9 Å². The Labute approximate surface area is 129 Å². The van der Waals surface area contributed by atoms with Crippen molar-refractivity contribution in [3.8, 4) is 0 Å². The number of aliphatic hydroxyl groups is 1. The van der Waals surface area contributed by atoms with E-state index in [1.807, 2.05) is 25.1 Å². The summed E-state index contributed by atoms with van der Waals surface area (Å²) in [5, 5.41) is 10.6. The van der Waals surface area contributed by atoms with Crippen LogP contribution in [0.1, 0.15) is 23.0 Å². The minimum atomic E-state index is -0.880. The Hall–Kier alpha value is -1.79. The Kier molecular flexibility index (Phi) is 3.30. The summed E-state index contributed by atoms with van der Waals surface area (Å²) in [5.41, 5.74) is 3.03. The Balaban J connectivity index is 2.24. The second-order valence-corrected chi connectivity index (χ2v) is 5.99. The van der Waals surface area contributed by atoms with E-state index in [0.29, 0.717) is 11.3 Å². The fraction of sp³-hybridized carbons (Fsp3) is 0.267. The highest BCUT2D eigenvalue weighted by molar-refractivity contribution is 9.10. The molecule has 0 aliphatic carbocycles. The summed E-state index contributed by atoms with van der Waals surface area (Å²) in [5.74, 6) is 0.510. The van der Waals surface area contributed by atoms with Gasteiger partial charge in [-0.05, 0) is 30.7 Å². The molecule has 1 unspecified atom stereocenters. The van der Waals surface area contributed by atoms with Gasteiger partial charge in [0, 0.05) is 24.1 Å². The van der Waals surface area contributed by atoms with Gasteiger partial charge < -0.3 is 9.52 Å². The van der Waals surface area contributed by atoms with E-state index < -0.39 is 6.10 Å². The molecular formula is C15H15BrN2O3. The molecule has 0 aliphatic heterocycles. The normalized spacial score (nSPS) is 13.0. The van der Waals surface area contributed by atoms with Gasteiger partial charge in [-0.1, -0.05) is 15.9 Å². The van der Waals surface area contributed by atoms with Gasteiger partial charge in [0.15, 0.2) is 0 Å². The average molecular weight is 351 g/mol. The van der Waals surface area contributed by atoms with E-state index in [1.54, 1.807) is 29.5 Å². The molecule has 2 heterocycles. The molecule has 21 heavy (non-hydrogen) atoms. The maximum Gasteiger partial charge on any atom is 0.328 e. The summed E-state index contributed by atoms with van der Waals surface area (Å²) < 4.78 is 9.24. The summed E-state index contributed by atoms with van der Waals surface area (Å²) >= 11 is 3.47. The maximum atomic E-state index is 12.0.